The van der Waals surface area contributed by atoms with Crippen molar-refractivity contribution in [1.29, 1.82) is 0 Å². The molecule has 2 N–H and O–H groups in total. The van der Waals surface area contributed by atoms with Gasteiger partial charge in [-0.2, -0.15) is 5.10 Å². The number of nitrogens with zero attached hydrogens (tertiary/aromatic N) is 1. The Labute approximate surface area is 57.6 Å². The van der Waals surface area contributed by atoms with E-state index in [0.29, 0.717) is 5.69 Å². The maximum absolute atomic E-state index is 10.3. The van der Waals surface area contributed by atoms with Crippen LogP contribution in [0.25, 0.3) is 0 Å². The van der Waals surface area contributed by atoms with Gasteiger partial charge in [-0.25, -0.2) is 0 Å². The molecule has 4 nitrogen and oxygen atoms in total. The van der Waals surface area contributed by atoms with Crippen molar-refractivity contribution >= 4 is 12.0 Å². The smallest absolute Gasteiger partial charge is 0.172 e. The fourth-order valence-corrected chi connectivity index (χ4v) is 1.17. The van der Waals surface area contributed by atoms with Crippen molar-refractivity contribution in [2.75, 3.05) is 11.9 Å². The summed E-state index contributed by atoms with van der Waals surface area (Å²) < 4.78 is 0. The molecule has 0 fully saturated rings. The molecule has 0 amide bonds. The van der Waals surface area contributed by atoms with Crippen LogP contribution in [0.3, 0.4) is 0 Å². The van der Waals surface area contributed by atoms with E-state index in [2.05, 4.69) is 15.5 Å². The lowest BCUT2D eigenvalue weighted by atomic mass is 10.3. The Balaban J connectivity index is 2.53. The van der Waals surface area contributed by atoms with Gasteiger partial charge in [-0.15, -0.1) is 0 Å². The number of nitrogens with one attached hydrogen (secondary N) is 2. The zero-order valence-corrected chi connectivity index (χ0v) is 5.35. The molecule has 0 radical (unpaired) electrons. The van der Waals surface area contributed by atoms with Crippen LogP contribution in [0, 0.1) is 0 Å². The number of anilines is 1. The van der Waals surface area contributed by atoms with E-state index in [1.165, 1.54) is 0 Å². The van der Waals surface area contributed by atoms with E-state index in [-0.39, 0.29) is 0 Å². The van der Waals surface area contributed by atoms with Gasteiger partial charge in [-0.3, -0.25) is 9.89 Å². The lowest BCUT2D eigenvalue weighted by Crippen LogP contribution is -1.96. The van der Waals surface area contributed by atoms with Crippen molar-refractivity contribution in [3.05, 3.63) is 11.4 Å². The SMILES string of the molecule is O=Cc1n[nH]c2c1NCC2. The number of hydrogen-bond donors (Lipinski definition) is 2. The van der Waals surface area contributed by atoms with Crippen LogP contribution >= 0.6 is 0 Å². The number of aldehydes is 1. The average molecular weight is 137 g/mol. The van der Waals surface area contributed by atoms with Crippen LogP contribution < -0.4 is 5.32 Å². The summed E-state index contributed by atoms with van der Waals surface area (Å²) in [4.78, 5) is 10.3. The van der Waals surface area contributed by atoms with E-state index in [4.69, 9.17) is 0 Å². The van der Waals surface area contributed by atoms with Gasteiger partial charge in [0.05, 0.1) is 11.4 Å². The number of carbonyl (C=O) groups is 1. The number of fused-ring (bicyclic) bond motifs is 1. The van der Waals surface area contributed by atoms with Gasteiger partial charge in [0.15, 0.2) is 6.29 Å². The second-order valence-corrected chi connectivity index (χ2v) is 2.26. The molecular formula is C6H7N3O. The van der Waals surface area contributed by atoms with Crippen LogP contribution in [-0.4, -0.2) is 23.0 Å². The highest BCUT2D eigenvalue weighted by molar-refractivity contribution is 5.83. The summed E-state index contributed by atoms with van der Waals surface area (Å²) in [6.07, 6.45) is 1.70. The maximum Gasteiger partial charge on any atom is 0.172 e. The molecule has 0 unspecified atom stereocenters. The quantitative estimate of drug-likeness (QED) is 0.543. The average Bonchev–Trinajstić information content (AvgIpc) is 2.44. The van der Waals surface area contributed by atoms with Crippen LogP contribution in [0.5, 0.6) is 0 Å². The van der Waals surface area contributed by atoms with Crippen molar-refractivity contribution in [1.82, 2.24) is 10.2 Å². The summed E-state index contributed by atoms with van der Waals surface area (Å²) >= 11 is 0. The summed E-state index contributed by atoms with van der Waals surface area (Å²) in [5.41, 5.74) is 2.42. The molecule has 0 saturated heterocycles. The topological polar surface area (TPSA) is 57.8 Å². The Morgan fingerprint density at radius 2 is 2.50 bits per heavy atom. The molecule has 52 valence electrons. The Bertz CT molecular complexity index is 266. The molecule has 0 aliphatic carbocycles. The minimum absolute atomic E-state index is 0.493. The molecule has 1 aliphatic rings. The van der Waals surface area contributed by atoms with Crippen molar-refractivity contribution < 1.29 is 4.79 Å². The maximum atomic E-state index is 10.3. The Morgan fingerprint density at radius 1 is 1.60 bits per heavy atom. The number of aromatic nitrogens is 2. The van der Waals surface area contributed by atoms with E-state index in [9.17, 15) is 4.79 Å². The molecule has 0 spiro atoms. The Hall–Kier alpha value is -1.32. The van der Waals surface area contributed by atoms with Crippen molar-refractivity contribution in [2.24, 2.45) is 0 Å². The van der Waals surface area contributed by atoms with Crippen molar-refractivity contribution in [3.63, 3.8) is 0 Å². The van der Waals surface area contributed by atoms with Gasteiger partial charge >= 0.3 is 0 Å². The second kappa shape index (κ2) is 1.83. The molecule has 1 aromatic rings. The molecule has 0 aromatic carbocycles. The summed E-state index contributed by atoms with van der Waals surface area (Å²) in [5, 5.41) is 9.67. The minimum atomic E-state index is 0.493. The molecule has 2 heterocycles. The van der Waals surface area contributed by atoms with Gasteiger partial charge < -0.3 is 5.32 Å². The third-order valence-corrected chi connectivity index (χ3v) is 1.66. The standard InChI is InChI=1S/C6H7N3O/c10-3-5-6-4(8-9-5)1-2-7-6/h3,7H,1-2H2,(H,8,9). The van der Waals surface area contributed by atoms with Crippen LogP contribution in [0.15, 0.2) is 0 Å². The van der Waals surface area contributed by atoms with Gasteiger partial charge in [0.25, 0.3) is 0 Å². The summed E-state index contributed by atoms with van der Waals surface area (Å²) in [6, 6.07) is 0. The summed E-state index contributed by atoms with van der Waals surface area (Å²) in [7, 11) is 0. The largest absolute Gasteiger partial charge is 0.381 e. The lowest BCUT2D eigenvalue weighted by Gasteiger charge is -1.89. The van der Waals surface area contributed by atoms with Gasteiger partial charge in [0.1, 0.15) is 5.69 Å². The molecule has 0 bridgehead atoms. The predicted octanol–water partition coefficient (Wildman–Crippen LogP) is 0.190. The fraction of sp³-hybridized carbons (Fsp3) is 0.333. The van der Waals surface area contributed by atoms with Gasteiger partial charge in [-0.05, 0) is 0 Å². The number of carbonyl (C=O) groups excluding carboxylic acids is 1. The van der Waals surface area contributed by atoms with Crippen LogP contribution in [0.4, 0.5) is 5.69 Å². The minimum Gasteiger partial charge on any atom is -0.381 e. The highest BCUT2D eigenvalue weighted by Crippen LogP contribution is 2.21. The molecular weight excluding hydrogens is 130 g/mol. The zero-order valence-electron chi connectivity index (χ0n) is 5.35. The Kier molecular flexibility index (Phi) is 1.00. The summed E-state index contributed by atoms with van der Waals surface area (Å²) in [5.74, 6) is 0. The summed E-state index contributed by atoms with van der Waals surface area (Å²) in [6.45, 7) is 0.907. The highest BCUT2D eigenvalue weighted by Gasteiger charge is 2.16. The van der Waals surface area contributed by atoms with E-state index < -0.39 is 0 Å². The van der Waals surface area contributed by atoms with Crippen molar-refractivity contribution in [2.45, 2.75) is 6.42 Å². The molecule has 0 saturated carbocycles. The second-order valence-electron chi connectivity index (χ2n) is 2.26. The van der Waals surface area contributed by atoms with E-state index in [0.717, 1.165) is 30.6 Å². The first-order chi connectivity index (χ1) is 4.92. The lowest BCUT2D eigenvalue weighted by molar-refractivity contribution is 0.111. The number of aromatic amines is 1. The fourth-order valence-electron chi connectivity index (χ4n) is 1.17. The van der Waals surface area contributed by atoms with Crippen LogP contribution in [0.1, 0.15) is 16.2 Å². The van der Waals surface area contributed by atoms with Crippen LogP contribution in [-0.2, 0) is 6.42 Å². The van der Waals surface area contributed by atoms with E-state index in [1.807, 2.05) is 0 Å². The van der Waals surface area contributed by atoms with E-state index >= 15 is 0 Å². The zero-order chi connectivity index (χ0) is 6.97. The number of H-pyrrole nitrogens is 1. The van der Waals surface area contributed by atoms with Gasteiger partial charge in [0.2, 0.25) is 0 Å². The van der Waals surface area contributed by atoms with Crippen LogP contribution in [0.2, 0.25) is 0 Å². The van der Waals surface area contributed by atoms with Gasteiger partial charge in [-0.1, -0.05) is 0 Å². The molecule has 10 heavy (non-hydrogen) atoms. The first kappa shape index (κ1) is 5.46. The normalized spacial score (nSPS) is 14.4. The molecule has 1 aromatic heterocycles. The molecule has 4 heteroatoms. The number of rotatable bonds is 1. The monoisotopic (exact) mass is 137 g/mol. The Morgan fingerprint density at radius 3 is 3.30 bits per heavy atom. The third kappa shape index (κ3) is 0.556. The molecule has 2 rings (SSSR count). The highest BCUT2D eigenvalue weighted by atomic mass is 16.1. The molecule has 1 aliphatic heterocycles. The van der Waals surface area contributed by atoms with Gasteiger partial charge in [0, 0.05) is 13.0 Å². The molecule has 0 atom stereocenters. The van der Waals surface area contributed by atoms with E-state index in [1.54, 1.807) is 0 Å². The first-order valence-corrected chi connectivity index (χ1v) is 3.18. The third-order valence-electron chi connectivity index (χ3n) is 1.66. The number of hydrogen-bond acceptors (Lipinski definition) is 3. The first-order valence-electron chi connectivity index (χ1n) is 3.18. The van der Waals surface area contributed by atoms with Crippen molar-refractivity contribution in [3.8, 4) is 0 Å². The predicted molar refractivity (Wildman–Crippen MR) is 36.2 cm³/mol.